The quantitative estimate of drug-likeness (QED) is 0.778. The van der Waals surface area contributed by atoms with Gasteiger partial charge in [0, 0.05) is 12.2 Å². The molecule has 0 saturated heterocycles. The summed E-state index contributed by atoms with van der Waals surface area (Å²) in [4.78, 5) is 22.3. The van der Waals surface area contributed by atoms with E-state index in [1.54, 1.807) is 6.07 Å². The van der Waals surface area contributed by atoms with Crippen LogP contribution in [-0.4, -0.2) is 22.2 Å². The van der Waals surface area contributed by atoms with Crippen molar-refractivity contribution in [1.82, 2.24) is 0 Å². The first-order valence-electron chi connectivity index (χ1n) is 5.97. The molecular formula is C15H13NO4. The van der Waals surface area contributed by atoms with Crippen LogP contribution in [0, 0.1) is 0 Å². The van der Waals surface area contributed by atoms with Crippen LogP contribution in [0.15, 0.2) is 48.5 Å². The second-order valence-corrected chi connectivity index (χ2v) is 4.18. The van der Waals surface area contributed by atoms with Crippen molar-refractivity contribution >= 4 is 17.6 Å². The molecule has 2 rings (SSSR count). The lowest BCUT2D eigenvalue weighted by Gasteiger charge is -2.11. The van der Waals surface area contributed by atoms with Gasteiger partial charge in [0.1, 0.15) is 0 Å². The molecule has 0 saturated carbocycles. The fraction of sp³-hybridized carbons (Fsp3) is 0.0667. The van der Waals surface area contributed by atoms with Gasteiger partial charge in [-0.25, -0.2) is 9.59 Å². The maximum atomic E-state index is 11.3. The van der Waals surface area contributed by atoms with Crippen molar-refractivity contribution in [3.05, 3.63) is 65.2 Å². The summed E-state index contributed by atoms with van der Waals surface area (Å²) < 4.78 is 0. The van der Waals surface area contributed by atoms with E-state index < -0.39 is 11.9 Å². The van der Waals surface area contributed by atoms with Crippen LogP contribution >= 0.6 is 0 Å². The van der Waals surface area contributed by atoms with E-state index in [0.717, 1.165) is 5.56 Å². The molecule has 5 nitrogen and oxygen atoms in total. The Hall–Kier alpha value is -2.82. The van der Waals surface area contributed by atoms with Gasteiger partial charge in [-0.2, -0.15) is 0 Å². The average Bonchev–Trinajstić information content (AvgIpc) is 2.45. The number of benzene rings is 2. The summed E-state index contributed by atoms with van der Waals surface area (Å²) >= 11 is 0. The smallest absolute Gasteiger partial charge is 0.338 e. The third-order valence-corrected chi connectivity index (χ3v) is 2.83. The molecule has 0 aromatic heterocycles. The molecule has 20 heavy (non-hydrogen) atoms. The Bertz CT molecular complexity index is 638. The predicted molar refractivity (Wildman–Crippen MR) is 74.1 cm³/mol. The summed E-state index contributed by atoms with van der Waals surface area (Å²) in [5.41, 5.74) is 0.817. The monoisotopic (exact) mass is 271 g/mol. The summed E-state index contributed by atoms with van der Waals surface area (Å²) in [6.45, 7) is 0.421. The topological polar surface area (TPSA) is 86.6 Å². The van der Waals surface area contributed by atoms with Gasteiger partial charge in [-0.05, 0) is 17.7 Å². The molecule has 0 amide bonds. The minimum absolute atomic E-state index is 0.226. The van der Waals surface area contributed by atoms with Gasteiger partial charge in [-0.15, -0.1) is 0 Å². The Labute approximate surface area is 115 Å². The Morgan fingerprint density at radius 3 is 2.20 bits per heavy atom. The van der Waals surface area contributed by atoms with Gasteiger partial charge < -0.3 is 15.5 Å². The highest BCUT2D eigenvalue weighted by molar-refractivity contribution is 6.05. The highest BCUT2D eigenvalue weighted by Crippen LogP contribution is 2.21. The van der Waals surface area contributed by atoms with E-state index in [2.05, 4.69) is 5.32 Å². The van der Waals surface area contributed by atoms with Crippen LogP contribution in [0.25, 0.3) is 0 Å². The van der Waals surface area contributed by atoms with Gasteiger partial charge >= 0.3 is 11.9 Å². The molecule has 0 aliphatic carbocycles. The van der Waals surface area contributed by atoms with Crippen LogP contribution in [0.5, 0.6) is 0 Å². The van der Waals surface area contributed by atoms with Crippen LogP contribution in [-0.2, 0) is 6.54 Å². The minimum atomic E-state index is -1.27. The van der Waals surface area contributed by atoms with Crippen LogP contribution in [0.4, 0.5) is 5.69 Å². The lowest BCUT2D eigenvalue weighted by molar-refractivity contribution is 0.0652. The maximum absolute atomic E-state index is 11.3. The molecule has 2 aromatic carbocycles. The molecule has 0 spiro atoms. The highest BCUT2D eigenvalue weighted by Gasteiger charge is 2.19. The largest absolute Gasteiger partial charge is 0.478 e. The van der Waals surface area contributed by atoms with Crippen molar-refractivity contribution < 1.29 is 19.8 Å². The van der Waals surface area contributed by atoms with Crippen molar-refractivity contribution in [3.8, 4) is 0 Å². The summed E-state index contributed by atoms with van der Waals surface area (Å²) in [6, 6.07) is 13.8. The van der Waals surface area contributed by atoms with E-state index in [4.69, 9.17) is 5.11 Å². The van der Waals surface area contributed by atoms with Gasteiger partial charge in [0.2, 0.25) is 0 Å². The first-order valence-corrected chi connectivity index (χ1v) is 5.97. The standard InChI is InChI=1S/C15H13NO4/c17-14(18)11-7-4-8-12(13(11)15(19)20)16-9-10-5-2-1-3-6-10/h1-8,16H,9H2,(H,17,18)(H,19,20). The van der Waals surface area contributed by atoms with Crippen LogP contribution in [0.2, 0.25) is 0 Å². The Morgan fingerprint density at radius 2 is 1.60 bits per heavy atom. The van der Waals surface area contributed by atoms with E-state index in [-0.39, 0.29) is 11.1 Å². The highest BCUT2D eigenvalue weighted by atomic mass is 16.4. The second kappa shape index (κ2) is 5.88. The van der Waals surface area contributed by atoms with Crippen LogP contribution < -0.4 is 5.32 Å². The zero-order chi connectivity index (χ0) is 14.5. The van der Waals surface area contributed by atoms with Crippen molar-refractivity contribution in [1.29, 1.82) is 0 Å². The molecule has 0 aliphatic heterocycles. The van der Waals surface area contributed by atoms with Gasteiger partial charge in [0.25, 0.3) is 0 Å². The number of aromatic carboxylic acids is 2. The minimum Gasteiger partial charge on any atom is -0.478 e. The first-order chi connectivity index (χ1) is 9.59. The van der Waals surface area contributed by atoms with Gasteiger partial charge in [0.15, 0.2) is 0 Å². The number of nitrogens with one attached hydrogen (secondary N) is 1. The summed E-state index contributed by atoms with van der Waals surface area (Å²) in [7, 11) is 0. The zero-order valence-electron chi connectivity index (χ0n) is 10.5. The molecule has 0 radical (unpaired) electrons. The summed E-state index contributed by atoms with van der Waals surface area (Å²) in [6.07, 6.45) is 0. The van der Waals surface area contributed by atoms with E-state index in [1.165, 1.54) is 12.1 Å². The molecule has 2 aromatic rings. The van der Waals surface area contributed by atoms with Crippen molar-refractivity contribution in [2.24, 2.45) is 0 Å². The van der Waals surface area contributed by atoms with Crippen molar-refractivity contribution in [2.45, 2.75) is 6.54 Å². The average molecular weight is 271 g/mol. The lowest BCUT2D eigenvalue weighted by Crippen LogP contribution is -2.12. The fourth-order valence-electron chi connectivity index (χ4n) is 1.90. The number of carbonyl (C=O) groups is 2. The van der Waals surface area contributed by atoms with Gasteiger partial charge in [0.05, 0.1) is 11.1 Å². The van der Waals surface area contributed by atoms with E-state index in [1.807, 2.05) is 30.3 Å². The molecule has 0 fully saturated rings. The van der Waals surface area contributed by atoms with Crippen molar-refractivity contribution in [2.75, 3.05) is 5.32 Å². The summed E-state index contributed by atoms with van der Waals surface area (Å²) in [5, 5.41) is 21.2. The normalized spacial score (nSPS) is 10.0. The molecule has 0 aliphatic rings. The Morgan fingerprint density at radius 1 is 0.900 bits per heavy atom. The number of rotatable bonds is 5. The number of hydrogen-bond acceptors (Lipinski definition) is 3. The molecule has 3 N–H and O–H groups in total. The predicted octanol–water partition coefficient (Wildman–Crippen LogP) is 2.70. The molecule has 0 bridgehead atoms. The van der Waals surface area contributed by atoms with E-state index >= 15 is 0 Å². The van der Waals surface area contributed by atoms with E-state index in [9.17, 15) is 14.7 Å². The molecular weight excluding hydrogens is 258 g/mol. The molecule has 5 heteroatoms. The third-order valence-electron chi connectivity index (χ3n) is 2.83. The Balaban J connectivity index is 2.30. The third kappa shape index (κ3) is 2.95. The second-order valence-electron chi connectivity index (χ2n) is 4.18. The first kappa shape index (κ1) is 13.6. The van der Waals surface area contributed by atoms with Gasteiger partial charge in [-0.3, -0.25) is 0 Å². The number of carboxylic acids is 2. The fourth-order valence-corrected chi connectivity index (χ4v) is 1.90. The zero-order valence-corrected chi connectivity index (χ0v) is 10.5. The summed E-state index contributed by atoms with van der Waals surface area (Å²) in [5.74, 6) is -2.52. The maximum Gasteiger partial charge on any atom is 0.338 e. The van der Waals surface area contributed by atoms with E-state index in [0.29, 0.717) is 12.2 Å². The molecule has 0 heterocycles. The van der Waals surface area contributed by atoms with Crippen LogP contribution in [0.3, 0.4) is 0 Å². The lowest BCUT2D eigenvalue weighted by atomic mass is 10.1. The number of hydrogen-bond donors (Lipinski definition) is 3. The molecule has 0 atom stereocenters. The molecule has 0 unspecified atom stereocenters. The SMILES string of the molecule is O=C(O)c1cccc(NCc2ccccc2)c1C(=O)O. The Kier molecular flexibility index (Phi) is 4.00. The van der Waals surface area contributed by atoms with Crippen molar-refractivity contribution in [3.63, 3.8) is 0 Å². The van der Waals surface area contributed by atoms with Gasteiger partial charge in [-0.1, -0.05) is 36.4 Å². The molecule has 102 valence electrons. The number of anilines is 1. The number of carboxylic acid groups (broad SMARTS) is 2. The van der Waals surface area contributed by atoms with Crippen LogP contribution in [0.1, 0.15) is 26.3 Å².